The average Bonchev–Trinajstić information content (AvgIpc) is 2.48. The summed E-state index contributed by atoms with van der Waals surface area (Å²) < 4.78 is 0. The maximum atomic E-state index is 12.1. The Morgan fingerprint density at radius 3 is 2.04 bits per heavy atom. The van der Waals surface area contributed by atoms with E-state index in [0.29, 0.717) is 19.5 Å². The summed E-state index contributed by atoms with van der Waals surface area (Å²) in [5.41, 5.74) is 0. The number of carboxylic acids is 1. The lowest BCUT2D eigenvalue weighted by atomic mass is 9.97. The molecule has 1 atom stereocenters. The first-order valence-electron chi connectivity index (χ1n) is 8.59. The van der Waals surface area contributed by atoms with Gasteiger partial charge in [-0.15, -0.1) is 0 Å². The number of hydrogen-bond donors (Lipinski definition) is 2. The first-order chi connectivity index (χ1) is 10.8. The second-order valence-electron chi connectivity index (χ2n) is 6.35. The molecule has 0 aliphatic carbocycles. The summed E-state index contributed by atoms with van der Waals surface area (Å²) in [6.45, 7) is 9.48. The number of carbonyl (C=O) groups is 3. The highest BCUT2D eigenvalue weighted by Crippen LogP contribution is 2.11. The molecule has 0 spiro atoms. The Bertz CT molecular complexity index is 377. The van der Waals surface area contributed by atoms with Gasteiger partial charge in [-0.25, -0.2) is 0 Å². The Morgan fingerprint density at radius 1 is 1.04 bits per heavy atom. The smallest absolute Gasteiger partial charge is 0.308 e. The van der Waals surface area contributed by atoms with Crippen molar-refractivity contribution in [2.75, 3.05) is 19.6 Å². The van der Waals surface area contributed by atoms with Crippen LogP contribution in [0.25, 0.3) is 0 Å². The first kappa shape index (κ1) is 21.4. The summed E-state index contributed by atoms with van der Waals surface area (Å²) >= 11 is 0. The Balaban J connectivity index is 4.23. The van der Waals surface area contributed by atoms with Crippen molar-refractivity contribution in [1.29, 1.82) is 0 Å². The van der Waals surface area contributed by atoms with E-state index in [1.807, 2.05) is 27.7 Å². The zero-order valence-electron chi connectivity index (χ0n) is 14.9. The van der Waals surface area contributed by atoms with Crippen LogP contribution in [0.5, 0.6) is 0 Å². The third kappa shape index (κ3) is 9.92. The van der Waals surface area contributed by atoms with Crippen LogP contribution < -0.4 is 5.32 Å². The number of nitrogens with zero attached hydrogens (tertiary/aromatic N) is 1. The Labute approximate surface area is 139 Å². The zero-order chi connectivity index (χ0) is 17.8. The van der Waals surface area contributed by atoms with Crippen molar-refractivity contribution in [3.8, 4) is 0 Å². The van der Waals surface area contributed by atoms with Crippen LogP contribution in [0.2, 0.25) is 0 Å². The third-order valence-corrected chi connectivity index (χ3v) is 3.56. The van der Waals surface area contributed by atoms with Gasteiger partial charge in [0.1, 0.15) is 0 Å². The van der Waals surface area contributed by atoms with Crippen molar-refractivity contribution >= 4 is 17.8 Å². The number of nitrogens with one attached hydrogen (secondary N) is 1. The molecule has 6 nitrogen and oxygen atoms in total. The predicted molar refractivity (Wildman–Crippen MR) is 90.0 cm³/mol. The van der Waals surface area contributed by atoms with E-state index in [1.54, 1.807) is 4.90 Å². The van der Waals surface area contributed by atoms with Gasteiger partial charge < -0.3 is 15.3 Å². The van der Waals surface area contributed by atoms with E-state index in [9.17, 15) is 14.4 Å². The molecule has 23 heavy (non-hydrogen) atoms. The number of carboxylic acid groups (broad SMARTS) is 1. The van der Waals surface area contributed by atoms with E-state index in [1.165, 1.54) is 0 Å². The van der Waals surface area contributed by atoms with Crippen LogP contribution in [0.1, 0.15) is 59.8 Å². The van der Waals surface area contributed by atoms with Crippen LogP contribution in [0, 0.1) is 11.8 Å². The molecule has 134 valence electrons. The van der Waals surface area contributed by atoms with Gasteiger partial charge in [-0.2, -0.15) is 0 Å². The molecule has 0 bridgehead atoms. The maximum absolute atomic E-state index is 12.1. The summed E-state index contributed by atoms with van der Waals surface area (Å²) in [4.78, 5) is 36.8. The van der Waals surface area contributed by atoms with Gasteiger partial charge in [0.2, 0.25) is 11.8 Å². The normalized spacial score (nSPS) is 12.0. The van der Waals surface area contributed by atoms with Crippen LogP contribution in [0.4, 0.5) is 0 Å². The summed E-state index contributed by atoms with van der Waals surface area (Å²) in [6.07, 6.45) is 2.60. The predicted octanol–water partition coefficient (Wildman–Crippen LogP) is 2.28. The lowest BCUT2D eigenvalue weighted by molar-refractivity contribution is -0.142. The van der Waals surface area contributed by atoms with Crippen molar-refractivity contribution in [3.63, 3.8) is 0 Å². The third-order valence-electron chi connectivity index (χ3n) is 3.56. The standard InChI is InChI=1S/C17H32N2O4/c1-5-9-19(10-6-2)16(21)8-7-15(20)18-12-14(17(22)23)11-13(3)4/h13-14H,5-12H2,1-4H3,(H,18,20)(H,22,23). The minimum Gasteiger partial charge on any atom is -0.481 e. The van der Waals surface area contributed by atoms with Gasteiger partial charge in [0.05, 0.1) is 5.92 Å². The van der Waals surface area contributed by atoms with E-state index >= 15 is 0 Å². The molecule has 0 aromatic carbocycles. The van der Waals surface area contributed by atoms with Crippen molar-refractivity contribution in [2.24, 2.45) is 11.8 Å². The van der Waals surface area contributed by atoms with Gasteiger partial charge in [0.25, 0.3) is 0 Å². The monoisotopic (exact) mass is 328 g/mol. The molecule has 0 aromatic rings. The van der Waals surface area contributed by atoms with Gasteiger partial charge in [0, 0.05) is 32.5 Å². The van der Waals surface area contributed by atoms with E-state index in [2.05, 4.69) is 5.32 Å². The summed E-state index contributed by atoms with van der Waals surface area (Å²) in [6, 6.07) is 0. The van der Waals surface area contributed by atoms with E-state index in [0.717, 1.165) is 12.8 Å². The molecule has 2 amide bonds. The minimum atomic E-state index is -0.896. The fourth-order valence-corrected chi connectivity index (χ4v) is 2.45. The molecule has 0 rings (SSSR count). The molecule has 2 N–H and O–H groups in total. The molecule has 0 aliphatic heterocycles. The summed E-state index contributed by atoms with van der Waals surface area (Å²) in [7, 11) is 0. The highest BCUT2D eigenvalue weighted by atomic mass is 16.4. The fourth-order valence-electron chi connectivity index (χ4n) is 2.45. The molecule has 0 saturated heterocycles. The second-order valence-corrected chi connectivity index (χ2v) is 6.35. The Hall–Kier alpha value is -1.59. The average molecular weight is 328 g/mol. The van der Waals surface area contributed by atoms with Gasteiger partial charge in [-0.1, -0.05) is 27.7 Å². The highest BCUT2D eigenvalue weighted by Gasteiger charge is 2.20. The molecule has 0 saturated carbocycles. The highest BCUT2D eigenvalue weighted by molar-refractivity contribution is 5.84. The number of hydrogen-bond acceptors (Lipinski definition) is 3. The molecule has 0 radical (unpaired) electrons. The molecule has 0 aliphatic rings. The van der Waals surface area contributed by atoms with Crippen LogP contribution >= 0.6 is 0 Å². The molecule has 0 fully saturated rings. The number of aliphatic carboxylic acids is 1. The van der Waals surface area contributed by atoms with Crippen molar-refractivity contribution in [3.05, 3.63) is 0 Å². The molecule has 1 unspecified atom stereocenters. The van der Waals surface area contributed by atoms with Crippen LogP contribution in [0.15, 0.2) is 0 Å². The van der Waals surface area contributed by atoms with Crippen molar-refractivity contribution < 1.29 is 19.5 Å². The summed E-state index contributed by atoms with van der Waals surface area (Å²) in [5.74, 6) is -1.49. The zero-order valence-corrected chi connectivity index (χ0v) is 14.9. The number of carbonyl (C=O) groups excluding carboxylic acids is 2. The lowest BCUT2D eigenvalue weighted by Gasteiger charge is -2.21. The molecule has 0 aromatic heterocycles. The fraction of sp³-hybridized carbons (Fsp3) is 0.824. The quantitative estimate of drug-likeness (QED) is 0.575. The van der Waals surface area contributed by atoms with Crippen LogP contribution in [-0.2, 0) is 14.4 Å². The van der Waals surface area contributed by atoms with E-state index < -0.39 is 11.9 Å². The second kappa shape index (κ2) is 11.9. The maximum Gasteiger partial charge on any atom is 0.308 e. The molecule has 6 heteroatoms. The largest absolute Gasteiger partial charge is 0.481 e. The summed E-state index contributed by atoms with van der Waals surface area (Å²) in [5, 5.41) is 11.8. The van der Waals surface area contributed by atoms with Gasteiger partial charge >= 0.3 is 5.97 Å². The Morgan fingerprint density at radius 2 is 1.61 bits per heavy atom. The molecular weight excluding hydrogens is 296 g/mol. The van der Waals surface area contributed by atoms with Crippen molar-refractivity contribution in [2.45, 2.75) is 59.8 Å². The van der Waals surface area contributed by atoms with Gasteiger partial charge in [0.15, 0.2) is 0 Å². The SMILES string of the molecule is CCCN(CCC)C(=O)CCC(=O)NCC(CC(C)C)C(=O)O. The van der Waals surface area contributed by atoms with Crippen molar-refractivity contribution in [1.82, 2.24) is 10.2 Å². The van der Waals surface area contributed by atoms with Crippen LogP contribution in [0.3, 0.4) is 0 Å². The topological polar surface area (TPSA) is 86.7 Å². The van der Waals surface area contributed by atoms with Gasteiger partial charge in [-0.05, 0) is 25.2 Å². The lowest BCUT2D eigenvalue weighted by Crippen LogP contribution is -2.36. The molecule has 0 heterocycles. The Kier molecular flexibility index (Phi) is 11.1. The first-order valence-corrected chi connectivity index (χ1v) is 8.59. The minimum absolute atomic E-state index is 0.0131. The van der Waals surface area contributed by atoms with Crippen LogP contribution in [-0.4, -0.2) is 47.4 Å². The number of rotatable bonds is 12. The molecular formula is C17H32N2O4. The van der Waals surface area contributed by atoms with E-state index in [-0.39, 0.29) is 37.1 Å². The number of amides is 2. The van der Waals surface area contributed by atoms with E-state index in [4.69, 9.17) is 5.11 Å². The van der Waals surface area contributed by atoms with Gasteiger partial charge in [-0.3, -0.25) is 14.4 Å².